The van der Waals surface area contributed by atoms with E-state index in [-0.39, 0.29) is 31.3 Å². The van der Waals surface area contributed by atoms with Crippen molar-refractivity contribution in [1.29, 1.82) is 0 Å². The molecule has 0 radical (unpaired) electrons. The van der Waals surface area contributed by atoms with Gasteiger partial charge >= 0.3 is 0 Å². The second-order valence-corrected chi connectivity index (χ2v) is 11.3. The summed E-state index contributed by atoms with van der Waals surface area (Å²) in [6.45, 7) is -0.189. The van der Waals surface area contributed by atoms with Gasteiger partial charge in [0.05, 0.1) is 12.6 Å². The first-order chi connectivity index (χ1) is 16.0. The standard InChI is InChI=1S/C25H24ClF2NO4S/c1-34(32,33)24(19-10-21(27)12-22(28)11-19)25(31)14-29(15-25)23(18-6-8-20(26)9-7-18)17-4-2-16(13-30)3-5-17/h2-12,23-24,30-31H,13-15H2,1H3. The molecule has 1 fully saturated rings. The van der Waals surface area contributed by atoms with Crippen LogP contribution in [0.3, 0.4) is 0 Å². The molecular formula is C25H24ClF2NO4S. The van der Waals surface area contributed by atoms with E-state index in [1.165, 1.54) is 0 Å². The van der Waals surface area contributed by atoms with Crippen LogP contribution in [-0.2, 0) is 16.4 Å². The normalized spacial score (nSPS) is 17.7. The van der Waals surface area contributed by atoms with Gasteiger partial charge in [0.2, 0.25) is 0 Å². The lowest BCUT2D eigenvalue weighted by Gasteiger charge is -2.53. The Hall–Kier alpha value is -2.36. The van der Waals surface area contributed by atoms with Crippen LogP contribution in [0.15, 0.2) is 66.7 Å². The van der Waals surface area contributed by atoms with Gasteiger partial charge in [-0.3, -0.25) is 4.90 Å². The summed E-state index contributed by atoms with van der Waals surface area (Å²) in [5, 5.41) is 19.8. The minimum atomic E-state index is -3.92. The van der Waals surface area contributed by atoms with Crippen LogP contribution in [0.5, 0.6) is 0 Å². The summed E-state index contributed by atoms with van der Waals surface area (Å²) < 4.78 is 53.1. The number of β-amino-alcohol motifs (C(OH)–C–C–N with tert-alkyl or cyclic N) is 1. The van der Waals surface area contributed by atoms with E-state index in [2.05, 4.69) is 0 Å². The number of rotatable bonds is 7. The van der Waals surface area contributed by atoms with Crippen LogP contribution in [0, 0.1) is 11.6 Å². The zero-order valence-corrected chi connectivity index (χ0v) is 19.9. The number of nitrogens with zero attached hydrogens (tertiary/aromatic N) is 1. The molecule has 180 valence electrons. The van der Waals surface area contributed by atoms with Gasteiger partial charge in [-0.2, -0.15) is 0 Å². The third kappa shape index (κ3) is 5.01. The van der Waals surface area contributed by atoms with Crippen molar-refractivity contribution in [3.63, 3.8) is 0 Å². The lowest BCUT2D eigenvalue weighted by Crippen LogP contribution is -2.66. The molecule has 2 atom stereocenters. The molecule has 3 aromatic carbocycles. The predicted molar refractivity (Wildman–Crippen MR) is 126 cm³/mol. The lowest BCUT2D eigenvalue weighted by molar-refractivity contribution is -0.112. The first-order valence-corrected chi connectivity index (χ1v) is 12.9. The molecule has 1 aliphatic rings. The van der Waals surface area contributed by atoms with Crippen molar-refractivity contribution in [3.8, 4) is 0 Å². The highest BCUT2D eigenvalue weighted by molar-refractivity contribution is 7.91. The maximum absolute atomic E-state index is 13.9. The Bertz CT molecular complexity index is 1260. The van der Waals surface area contributed by atoms with Crippen LogP contribution >= 0.6 is 11.6 Å². The summed E-state index contributed by atoms with van der Waals surface area (Å²) in [5.74, 6) is -1.82. The molecule has 5 nitrogen and oxygen atoms in total. The van der Waals surface area contributed by atoms with Crippen LogP contribution < -0.4 is 0 Å². The third-order valence-corrected chi connectivity index (χ3v) is 7.91. The summed E-state index contributed by atoms with van der Waals surface area (Å²) in [4.78, 5) is 1.89. The van der Waals surface area contributed by atoms with E-state index in [0.717, 1.165) is 35.1 Å². The molecule has 1 aliphatic heterocycles. The molecular weight excluding hydrogens is 484 g/mol. The molecule has 0 bridgehead atoms. The van der Waals surface area contributed by atoms with Crippen LogP contribution in [0.1, 0.15) is 33.5 Å². The zero-order valence-electron chi connectivity index (χ0n) is 18.3. The Morgan fingerprint density at radius 3 is 1.91 bits per heavy atom. The highest BCUT2D eigenvalue weighted by Gasteiger charge is 2.54. The number of hydrogen-bond donors (Lipinski definition) is 2. The Balaban J connectivity index is 1.70. The summed E-state index contributed by atoms with van der Waals surface area (Å²) in [6, 6.07) is 16.7. The molecule has 0 aliphatic carbocycles. The largest absolute Gasteiger partial charge is 0.392 e. The fourth-order valence-electron chi connectivity index (χ4n) is 4.75. The molecule has 9 heteroatoms. The molecule has 2 unspecified atom stereocenters. The molecule has 1 saturated heterocycles. The molecule has 1 heterocycles. The molecule has 0 saturated carbocycles. The molecule has 3 aromatic rings. The van der Waals surface area contributed by atoms with Gasteiger partial charge in [0.15, 0.2) is 9.84 Å². The summed E-state index contributed by atoms with van der Waals surface area (Å²) in [5.41, 5.74) is 0.607. The first-order valence-electron chi connectivity index (χ1n) is 10.6. The molecule has 2 N–H and O–H groups in total. The Morgan fingerprint density at radius 2 is 1.44 bits per heavy atom. The number of aliphatic hydroxyl groups is 2. The molecule has 0 aromatic heterocycles. The number of hydrogen-bond acceptors (Lipinski definition) is 5. The van der Waals surface area contributed by atoms with E-state index >= 15 is 0 Å². The Kier molecular flexibility index (Phi) is 6.81. The Labute approximate surface area is 202 Å². The molecule has 34 heavy (non-hydrogen) atoms. The van der Waals surface area contributed by atoms with E-state index in [9.17, 15) is 27.4 Å². The van der Waals surface area contributed by atoms with Crippen LogP contribution in [-0.4, -0.2) is 48.5 Å². The smallest absolute Gasteiger partial charge is 0.157 e. The highest BCUT2D eigenvalue weighted by atomic mass is 35.5. The van der Waals surface area contributed by atoms with Gasteiger partial charge in [0.25, 0.3) is 0 Å². The molecule has 0 spiro atoms. The number of likely N-dealkylation sites (tertiary alicyclic amines) is 1. The van der Waals surface area contributed by atoms with E-state index in [1.807, 2.05) is 29.2 Å². The van der Waals surface area contributed by atoms with E-state index < -0.39 is 32.3 Å². The Morgan fingerprint density at radius 1 is 0.941 bits per heavy atom. The van der Waals surface area contributed by atoms with Crippen LogP contribution in [0.25, 0.3) is 0 Å². The second kappa shape index (κ2) is 9.36. The average Bonchev–Trinajstić information content (AvgIpc) is 2.73. The predicted octanol–water partition coefficient (Wildman–Crippen LogP) is 4.03. The minimum absolute atomic E-state index is 0.0437. The SMILES string of the molecule is CS(=O)(=O)C(c1cc(F)cc(F)c1)C1(O)CN(C(c2ccc(Cl)cc2)c2ccc(CO)cc2)C1. The van der Waals surface area contributed by atoms with Gasteiger partial charge in [-0.1, -0.05) is 48.0 Å². The van der Waals surface area contributed by atoms with E-state index in [1.54, 1.807) is 24.3 Å². The van der Waals surface area contributed by atoms with Gasteiger partial charge in [-0.15, -0.1) is 0 Å². The van der Waals surface area contributed by atoms with Gasteiger partial charge in [0, 0.05) is 30.4 Å². The van der Waals surface area contributed by atoms with Crippen molar-refractivity contribution >= 4 is 21.4 Å². The fraction of sp³-hybridized carbons (Fsp3) is 0.280. The quantitative estimate of drug-likeness (QED) is 0.505. The number of sulfone groups is 1. The first kappa shape index (κ1) is 24.8. The molecule has 0 amide bonds. The van der Waals surface area contributed by atoms with Gasteiger partial charge in [0.1, 0.15) is 22.5 Å². The lowest BCUT2D eigenvalue weighted by atomic mass is 9.82. The topological polar surface area (TPSA) is 77.8 Å². The zero-order chi connectivity index (χ0) is 24.7. The van der Waals surface area contributed by atoms with Gasteiger partial charge in [-0.25, -0.2) is 17.2 Å². The van der Waals surface area contributed by atoms with Gasteiger partial charge in [-0.05, 0) is 46.5 Å². The minimum Gasteiger partial charge on any atom is -0.392 e. The second-order valence-electron chi connectivity index (χ2n) is 8.77. The third-order valence-electron chi connectivity index (χ3n) is 6.09. The number of aliphatic hydroxyl groups excluding tert-OH is 1. The average molecular weight is 508 g/mol. The van der Waals surface area contributed by atoms with Crippen LogP contribution in [0.4, 0.5) is 8.78 Å². The fourth-order valence-corrected chi connectivity index (χ4v) is 6.45. The van der Waals surface area contributed by atoms with Crippen molar-refractivity contribution in [2.45, 2.75) is 23.5 Å². The van der Waals surface area contributed by atoms with Crippen molar-refractivity contribution in [3.05, 3.63) is 106 Å². The number of benzene rings is 3. The molecule has 4 rings (SSSR count). The summed E-state index contributed by atoms with van der Waals surface area (Å²) >= 11 is 6.05. The van der Waals surface area contributed by atoms with E-state index in [0.29, 0.717) is 11.1 Å². The summed E-state index contributed by atoms with van der Waals surface area (Å²) in [6.07, 6.45) is 0.950. The van der Waals surface area contributed by atoms with Crippen molar-refractivity contribution < 1.29 is 27.4 Å². The maximum Gasteiger partial charge on any atom is 0.157 e. The van der Waals surface area contributed by atoms with Crippen molar-refractivity contribution in [2.75, 3.05) is 19.3 Å². The van der Waals surface area contributed by atoms with Crippen LogP contribution in [0.2, 0.25) is 5.02 Å². The van der Waals surface area contributed by atoms with E-state index in [4.69, 9.17) is 11.6 Å². The maximum atomic E-state index is 13.9. The highest BCUT2D eigenvalue weighted by Crippen LogP contribution is 2.44. The monoisotopic (exact) mass is 507 g/mol. The number of halogens is 3. The van der Waals surface area contributed by atoms with Crippen molar-refractivity contribution in [1.82, 2.24) is 4.90 Å². The van der Waals surface area contributed by atoms with Gasteiger partial charge < -0.3 is 10.2 Å². The van der Waals surface area contributed by atoms with Crippen molar-refractivity contribution in [2.24, 2.45) is 0 Å². The summed E-state index contributed by atoms with van der Waals surface area (Å²) in [7, 11) is -3.92.